The molecule has 30 heavy (non-hydrogen) atoms. The maximum absolute atomic E-state index is 13.7. The fourth-order valence-electron chi connectivity index (χ4n) is 4.65. The maximum atomic E-state index is 13.7. The summed E-state index contributed by atoms with van der Waals surface area (Å²) in [5.41, 5.74) is 2.27. The minimum atomic E-state index is -0.171. The molecule has 0 bridgehead atoms. The van der Waals surface area contributed by atoms with Crippen molar-refractivity contribution < 1.29 is 18.6 Å². The fraction of sp³-hybridized carbons (Fsp3) is 0.417. The molecule has 6 heteroatoms. The number of benzene rings is 2. The van der Waals surface area contributed by atoms with Crippen molar-refractivity contribution in [1.29, 1.82) is 0 Å². The molecule has 1 aromatic heterocycles. The molecule has 2 aliphatic rings. The number of para-hydroxylation sites is 1. The van der Waals surface area contributed by atoms with Gasteiger partial charge in [0.15, 0.2) is 11.5 Å². The number of hydrogen-bond donors (Lipinski definition) is 2. The summed E-state index contributed by atoms with van der Waals surface area (Å²) >= 11 is 0. The summed E-state index contributed by atoms with van der Waals surface area (Å²) < 4.78 is 30.9. The van der Waals surface area contributed by atoms with E-state index in [0.717, 1.165) is 54.6 Å². The summed E-state index contributed by atoms with van der Waals surface area (Å²) in [4.78, 5) is 3.28. The molecule has 0 radical (unpaired) electrons. The number of nitrogens with one attached hydrogen (secondary N) is 2. The first-order chi connectivity index (χ1) is 14.8. The van der Waals surface area contributed by atoms with Crippen LogP contribution in [0.3, 0.4) is 0 Å². The molecule has 1 fully saturated rings. The molecule has 1 saturated carbocycles. The first-order valence-electron chi connectivity index (χ1n) is 10.8. The zero-order chi connectivity index (χ0) is 20.3. The molecule has 0 amide bonds. The van der Waals surface area contributed by atoms with Gasteiger partial charge in [-0.25, -0.2) is 4.39 Å². The van der Waals surface area contributed by atoms with Crippen molar-refractivity contribution in [1.82, 2.24) is 10.3 Å². The predicted octanol–water partition coefficient (Wildman–Crippen LogP) is 4.77. The molecule has 0 unspecified atom stereocenters. The summed E-state index contributed by atoms with van der Waals surface area (Å²) in [6.07, 6.45) is 6.51. The van der Waals surface area contributed by atoms with Gasteiger partial charge in [0.05, 0.1) is 0 Å². The van der Waals surface area contributed by atoms with Crippen LogP contribution in [0.1, 0.15) is 37.2 Å². The number of ether oxygens (including phenoxy) is 3. The molecule has 5 rings (SSSR count). The predicted molar refractivity (Wildman–Crippen MR) is 114 cm³/mol. The zero-order valence-corrected chi connectivity index (χ0v) is 17.0. The van der Waals surface area contributed by atoms with Gasteiger partial charge in [0, 0.05) is 29.7 Å². The Kier molecular flexibility index (Phi) is 5.49. The van der Waals surface area contributed by atoms with E-state index in [1.165, 1.54) is 11.6 Å². The SMILES string of the molecule is Fc1ccc2[nH]cc(C3CCC(NCCOc4cccc5c4OCCO5)CC3)c2c1. The van der Waals surface area contributed by atoms with Crippen molar-refractivity contribution in [2.45, 2.75) is 37.6 Å². The standard InChI is InChI=1S/C24H27FN2O3/c25-17-6-9-21-19(14-17)20(15-27-21)16-4-7-18(8-5-16)26-10-11-28-22-2-1-3-23-24(22)30-13-12-29-23/h1-3,6,9,14-16,18,26-27H,4-5,7-8,10-13H2. The highest BCUT2D eigenvalue weighted by Crippen LogP contribution is 2.39. The molecule has 5 nitrogen and oxygen atoms in total. The summed E-state index contributed by atoms with van der Waals surface area (Å²) in [7, 11) is 0. The Hall–Kier alpha value is -2.73. The molecule has 2 aromatic carbocycles. The van der Waals surface area contributed by atoms with Gasteiger partial charge in [0.1, 0.15) is 25.6 Å². The van der Waals surface area contributed by atoms with Crippen LogP contribution < -0.4 is 19.5 Å². The summed E-state index contributed by atoms with van der Waals surface area (Å²) in [5, 5.41) is 4.64. The van der Waals surface area contributed by atoms with Gasteiger partial charge in [-0.1, -0.05) is 6.07 Å². The van der Waals surface area contributed by atoms with Gasteiger partial charge >= 0.3 is 0 Å². The first-order valence-corrected chi connectivity index (χ1v) is 10.8. The highest BCUT2D eigenvalue weighted by atomic mass is 19.1. The van der Waals surface area contributed by atoms with Crippen LogP contribution >= 0.6 is 0 Å². The van der Waals surface area contributed by atoms with Gasteiger partial charge in [-0.15, -0.1) is 0 Å². The Bertz CT molecular complexity index is 1010. The molecule has 2 heterocycles. The second-order valence-electron chi connectivity index (χ2n) is 8.07. The second-order valence-corrected chi connectivity index (χ2v) is 8.07. The number of fused-ring (bicyclic) bond motifs is 2. The van der Waals surface area contributed by atoms with Crippen LogP contribution in [0.2, 0.25) is 0 Å². The zero-order valence-electron chi connectivity index (χ0n) is 17.0. The topological polar surface area (TPSA) is 55.5 Å². The third-order valence-electron chi connectivity index (χ3n) is 6.17. The minimum absolute atomic E-state index is 0.171. The summed E-state index contributed by atoms with van der Waals surface area (Å²) in [5.74, 6) is 2.52. The van der Waals surface area contributed by atoms with Crippen LogP contribution in [0.4, 0.5) is 4.39 Å². The molecule has 0 saturated heterocycles. The average molecular weight is 410 g/mol. The van der Waals surface area contributed by atoms with Gasteiger partial charge in [-0.3, -0.25) is 0 Å². The van der Waals surface area contributed by atoms with Gasteiger partial charge in [-0.05, 0) is 67.5 Å². The fourth-order valence-corrected chi connectivity index (χ4v) is 4.65. The molecule has 2 N–H and O–H groups in total. The highest BCUT2D eigenvalue weighted by molar-refractivity contribution is 5.83. The van der Waals surface area contributed by atoms with E-state index in [4.69, 9.17) is 14.2 Å². The molecule has 0 spiro atoms. The van der Waals surface area contributed by atoms with E-state index in [-0.39, 0.29) is 5.82 Å². The van der Waals surface area contributed by atoms with Gasteiger partial charge in [-0.2, -0.15) is 0 Å². The van der Waals surface area contributed by atoms with E-state index < -0.39 is 0 Å². The lowest BCUT2D eigenvalue weighted by Gasteiger charge is -2.29. The van der Waals surface area contributed by atoms with Crippen LogP contribution in [0.5, 0.6) is 17.2 Å². The van der Waals surface area contributed by atoms with E-state index in [1.807, 2.05) is 24.3 Å². The van der Waals surface area contributed by atoms with E-state index in [1.54, 1.807) is 6.07 Å². The molecular weight excluding hydrogens is 383 g/mol. The Labute approximate surface area is 175 Å². The lowest BCUT2D eigenvalue weighted by atomic mass is 9.81. The smallest absolute Gasteiger partial charge is 0.203 e. The van der Waals surface area contributed by atoms with Gasteiger partial charge < -0.3 is 24.5 Å². The highest BCUT2D eigenvalue weighted by Gasteiger charge is 2.24. The Morgan fingerprint density at radius 1 is 1.07 bits per heavy atom. The molecule has 158 valence electrons. The second kappa shape index (κ2) is 8.56. The minimum Gasteiger partial charge on any atom is -0.488 e. The number of halogens is 1. The third kappa shape index (κ3) is 3.97. The van der Waals surface area contributed by atoms with E-state index in [9.17, 15) is 4.39 Å². The molecule has 1 aliphatic heterocycles. The van der Waals surface area contributed by atoms with Crippen LogP contribution in [0, 0.1) is 5.82 Å². The number of H-pyrrole nitrogens is 1. The van der Waals surface area contributed by atoms with Crippen molar-refractivity contribution in [3.8, 4) is 17.2 Å². The van der Waals surface area contributed by atoms with Crippen molar-refractivity contribution in [3.63, 3.8) is 0 Å². The lowest BCUT2D eigenvalue weighted by molar-refractivity contribution is 0.161. The summed E-state index contributed by atoms with van der Waals surface area (Å²) in [6.45, 7) is 2.51. The Morgan fingerprint density at radius 3 is 2.83 bits per heavy atom. The molecular formula is C24H27FN2O3. The third-order valence-corrected chi connectivity index (χ3v) is 6.17. The van der Waals surface area contributed by atoms with Crippen molar-refractivity contribution in [2.75, 3.05) is 26.4 Å². The van der Waals surface area contributed by atoms with E-state index in [2.05, 4.69) is 16.5 Å². The number of hydrogen-bond acceptors (Lipinski definition) is 4. The normalized spacial score (nSPS) is 21.0. The van der Waals surface area contributed by atoms with Crippen LogP contribution in [-0.4, -0.2) is 37.4 Å². The van der Waals surface area contributed by atoms with Crippen molar-refractivity contribution in [3.05, 3.63) is 54.0 Å². The van der Waals surface area contributed by atoms with Gasteiger partial charge in [0.2, 0.25) is 5.75 Å². The quantitative estimate of drug-likeness (QED) is 0.575. The molecule has 0 atom stereocenters. The number of rotatable bonds is 6. The van der Waals surface area contributed by atoms with Crippen LogP contribution in [0.15, 0.2) is 42.6 Å². The monoisotopic (exact) mass is 410 g/mol. The Morgan fingerprint density at radius 2 is 1.93 bits per heavy atom. The van der Waals surface area contributed by atoms with E-state index >= 15 is 0 Å². The largest absolute Gasteiger partial charge is 0.488 e. The van der Waals surface area contributed by atoms with Gasteiger partial charge in [0.25, 0.3) is 0 Å². The number of aromatic amines is 1. The first kappa shape index (κ1) is 19.2. The van der Waals surface area contributed by atoms with Crippen LogP contribution in [-0.2, 0) is 0 Å². The molecule has 3 aromatic rings. The maximum Gasteiger partial charge on any atom is 0.203 e. The van der Waals surface area contributed by atoms with Crippen molar-refractivity contribution >= 4 is 10.9 Å². The lowest BCUT2D eigenvalue weighted by Crippen LogP contribution is -2.35. The Balaban J connectivity index is 1.10. The van der Waals surface area contributed by atoms with Crippen LogP contribution in [0.25, 0.3) is 10.9 Å². The summed E-state index contributed by atoms with van der Waals surface area (Å²) in [6, 6.07) is 11.2. The average Bonchev–Trinajstić information content (AvgIpc) is 3.20. The number of aromatic nitrogens is 1. The molecule has 1 aliphatic carbocycles. The van der Waals surface area contributed by atoms with Crippen molar-refractivity contribution in [2.24, 2.45) is 0 Å². The van der Waals surface area contributed by atoms with E-state index in [0.29, 0.717) is 37.5 Å².